The first kappa shape index (κ1) is 26.5. The quantitative estimate of drug-likeness (QED) is 0.183. The van der Waals surface area contributed by atoms with Crippen LogP contribution in [-0.2, 0) is 9.84 Å². The third kappa shape index (κ3) is 4.18. The molecule has 0 aliphatic carbocycles. The third-order valence-corrected chi connectivity index (χ3v) is 10.9. The second kappa shape index (κ2) is 9.95. The second-order valence-electron chi connectivity index (χ2n) is 10.5. The average Bonchev–Trinajstić information content (AvgIpc) is 3.53. The van der Waals surface area contributed by atoms with Crippen LogP contribution in [0.3, 0.4) is 0 Å². The monoisotopic (exact) mass is 704 g/mol. The van der Waals surface area contributed by atoms with Crippen molar-refractivity contribution >= 4 is 85.3 Å². The SMILES string of the molecule is O=S(=O)(c1ccc(-n2c3ccccc3c3cc(Br)ccc32)cc1)c1ccc(-n2c3ccccc3c3cc(Br)ccc32)cc1. The molecule has 0 atom stereocenters. The van der Waals surface area contributed by atoms with E-state index in [1.165, 1.54) is 0 Å². The Balaban J connectivity index is 1.18. The van der Waals surface area contributed by atoms with E-state index >= 15 is 0 Å². The van der Waals surface area contributed by atoms with Gasteiger partial charge in [0.1, 0.15) is 0 Å². The first-order valence-corrected chi connectivity index (χ1v) is 16.8. The largest absolute Gasteiger partial charge is 0.309 e. The van der Waals surface area contributed by atoms with Crippen molar-refractivity contribution in [3.63, 3.8) is 0 Å². The van der Waals surface area contributed by atoms with Gasteiger partial charge in [0, 0.05) is 41.9 Å². The molecule has 4 nitrogen and oxygen atoms in total. The molecular weight excluding hydrogens is 684 g/mol. The zero-order chi connectivity index (χ0) is 29.3. The maximum atomic E-state index is 13.7. The molecule has 0 bridgehead atoms. The fourth-order valence-electron chi connectivity index (χ4n) is 6.13. The van der Waals surface area contributed by atoms with E-state index in [1.54, 1.807) is 24.3 Å². The van der Waals surface area contributed by atoms with Crippen LogP contribution in [0.25, 0.3) is 55.0 Å². The molecule has 208 valence electrons. The lowest BCUT2D eigenvalue weighted by Crippen LogP contribution is -2.03. The topological polar surface area (TPSA) is 44.0 Å². The lowest BCUT2D eigenvalue weighted by atomic mass is 10.2. The molecule has 7 heteroatoms. The molecule has 0 N–H and O–H groups in total. The molecule has 6 aromatic carbocycles. The molecule has 8 aromatic rings. The Morgan fingerprint density at radius 1 is 0.419 bits per heavy atom. The summed E-state index contributed by atoms with van der Waals surface area (Å²) in [4.78, 5) is 0.517. The summed E-state index contributed by atoms with van der Waals surface area (Å²) in [5.74, 6) is 0. The van der Waals surface area contributed by atoms with E-state index in [2.05, 4.69) is 89.5 Å². The molecule has 0 amide bonds. The van der Waals surface area contributed by atoms with Crippen molar-refractivity contribution in [3.8, 4) is 11.4 Å². The van der Waals surface area contributed by atoms with E-state index in [0.29, 0.717) is 0 Å². The molecule has 0 radical (unpaired) electrons. The van der Waals surface area contributed by atoms with Gasteiger partial charge in [0.15, 0.2) is 0 Å². The van der Waals surface area contributed by atoms with E-state index in [9.17, 15) is 8.42 Å². The molecule has 43 heavy (non-hydrogen) atoms. The van der Waals surface area contributed by atoms with Crippen molar-refractivity contribution in [2.75, 3.05) is 0 Å². The number of fused-ring (bicyclic) bond motifs is 6. The van der Waals surface area contributed by atoms with Gasteiger partial charge in [-0.1, -0.05) is 68.3 Å². The highest BCUT2D eigenvalue weighted by Crippen LogP contribution is 2.36. The fourth-order valence-corrected chi connectivity index (χ4v) is 8.11. The molecule has 2 aromatic heterocycles. The lowest BCUT2D eigenvalue weighted by molar-refractivity contribution is 0.596. The minimum Gasteiger partial charge on any atom is -0.309 e. The molecule has 2 heterocycles. The van der Waals surface area contributed by atoms with Crippen molar-refractivity contribution in [3.05, 3.63) is 142 Å². The summed E-state index contributed by atoms with van der Waals surface area (Å²) in [5, 5.41) is 4.56. The number of halogens is 2. The van der Waals surface area contributed by atoms with E-state index in [-0.39, 0.29) is 9.79 Å². The van der Waals surface area contributed by atoms with Gasteiger partial charge in [0.05, 0.1) is 31.9 Å². The highest BCUT2D eigenvalue weighted by atomic mass is 79.9. The van der Waals surface area contributed by atoms with Crippen molar-refractivity contribution in [1.82, 2.24) is 9.13 Å². The number of sulfone groups is 1. The van der Waals surface area contributed by atoms with Gasteiger partial charge >= 0.3 is 0 Å². The van der Waals surface area contributed by atoms with Crippen LogP contribution in [0.15, 0.2) is 152 Å². The number of hydrogen-bond acceptors (Lipinski definition) is 2. The van der Waals surface area contributed by atoms with E-state index in [0.717, 1.165) is 63.9 Å². The Morgan fingerprint density at radius 3 is 1.21 bits per heavy atom. The Kier molecular flexibility index (Phi) is 6.12. The average molecular weight is 706 g/mol. The highest BCUT2D eigenvalue weighted by molar-refractivity contribution is 9.10. The first-order valence-electron chi connectivity index (χ1n) is 13.7. The smallest absolute Gasteiger partial charge is 0.206 e. The Labute approximate surface area is 265 Å². The van der Waals surface area contributed by atoms with Gasteiger partial charge in [-0.2, -0.15) is 0 Å². The van der Waals surface area contributed by atoms with Crippen molar-refractivity contribution < 1.29 is 8.42 Å². The zero-order valence-corrected chi connectivity index (χ0v) is 26.6. The van der Waals surface area contributed by atoms with Gasteiger partial charge in [-0.15, -0.1) is 0 Å². The summed E-state index contributed by atoms with van der Waals surface area (Å²) in [6.07, 6.45) is 0. The number of nitrogens with zero attached hydrogens (tertiary/aromatic N) is 2. The van der Waals surface area contributed by atoms with E-state index < -0.39 is 9.84 Å². The predicted molar refractivity (Wildman–Crippen MR) is 182 cm³/mol. The number of aromatic nitrogens is 2. The van der Waals surface area contributed by atoms with Crippen LogP contribution in [0.4, 0.5) is 0 Å². The van der Waals surface area contributed by atoms with Crippen LogP contribution in [0, 0.1) is 0 Å². The van der Waals surface area contributed by atoms with Gasteiger partial charge in [-0.25, -0.2) is 8.42 Å². The predicted octanol–water partition coefficient (Wildman–Crippen LogP) is 10.2. The van der Waals surface area contributed by atoms with Crippen LogP contribution in [-0.4, -0.2) is 17.6 Å². The fraction of sp³-hybridized carbons (Fsp3) is 0. The van der Waals surface area contributed by atoms with Crippen LogP contribution < -0.4 is 0 Å². The number of para-hydroxylation sites is 2. The number of rotatable bonds is 4. The van der Waals surface area contributed by atoms with Crippen molar-refractivity contribution in [1.29, 1.82) is 0 Å². The van der Waals surface area contributed by atoms with Gasteiger partial charge in [-0.3, -0.25) is 0 Å². The van der Waals surface area contributed by atoms with Crippen LogP contribution >= 0.6 is 31.9 Å². The summed E-state index contributed by atoms with van der Waals surface area (Å²) in [7, 11) is -3.72. The third-order valence-electron chi connectivity index (χ3n) is 8.08. The maximum Gasteiger partial charge on any atom is 0.206 e. The van der Waals surface area contributed by atoms with Crippen molar-refractivity contribution in [2.45, 2.75) is 9.79 Å². The Morgan fingerprint density at radius 2 is 0.791 bits per heavy atom. The van der Waals surface area contributed by atoms with Gasteiger partial charge < -0.3 is 9.13 Å². The minimum absolute atomic E-state index is 0.259. The molecule has 0 fully saturated rings. The summed E-state index contributed by atoms with van der Waals surface area (Å²) in [6, 6.07) is 43.3. The molecule has 0 aliphatic rings. The lowest BCUT2D eigenvalue weighted by Gasteiger charge is -2.11. The van der Waals surface area contributed by atoms with Gasteiger partial charge in [-0.05, 0) is 97.1 Å². The summed E-state index contributed by atoms with van der Waals surface area (Å²) in [5.41, 5.74) is 6.07. The first-order chi connectivity index (χ1) is 20.9. The minimum atomic E-state index is -3.72. The summed E-state index contributed by atoms with van der Waals surface area (Å²) < 4.78 is 33.8. The summed E-state index contributed by atoms with van der Waals surface area (Å²) in [6.45, 7) is 0. The molecule has 8 rings (SSSR count). The standard InChI is InChI=1S/C36H22Br2N2O2S/c37-23-9-19-35-31(21-23)29-5-1-3-7-33(29)39(35)25-11-15-27(16-12-25)43(41,42)28-17-13-26(14-18-28)40-34-8-4-2-6-30(34)32-22-24(38)10-20-36(32)40/h1-22H. The normalized spacial score (nSPS) is 12.1. The van der Waals surface area contributed by atoms with Crippen molar-refractivity contribution in [2.24, 2.45) is 0 Å². The number of hydrogen-bond donors (Lipinski definition) is 0. The molecule has 0 spiro atoms. The van der Waals surface area contributed by atoms with Crippen LogP contribution in [0.5, 0.6) is 0 Å². The molecular formula is C36H22Br2N2O2S. The molecule has 0 aliphatic heterocycles. The Bertz CT molecular complexity index is 2310. The Hall–Kier alpha value is -4.17. The maximum absolute atomic E-state index is 13.7. The van der Waals surface area contributed by atoms with Crippen LogP contribution in [0.2, 0.25) is 0 Å². The summed E-state index contributed by atoms with van der Waals surface area (Å²) >= 11 is 7.19. The molecule has 0 saturated carbocycles. The molecule has 0 unspecified atom stereocenters. The highest BCUT2D eigenvalue weighted by Gasteiger charge is 2.20. The van der Waals surface area contributed by atoms with Gasteiger partial charge in [0.25, 0.3) is 0 Å². The molecule has 0 saturated heterocycles. The number of benzene rings is 6. The zero-order valence-electron chi connectivity index (χ0n) is 22.6. The van der Waals surface area contributed by atoms with Crippen LogP contribution in [0.1, 0.15) is 0 Å². The second-order valence-corrected chi connectivity index (χ2v) is 14.3. The van der Waals surface area contributed by atoms with Gasteiger partial charge in [0.2, 0.25) is 9.84 Å². The van der Waals surface area contributed by atoms with E-state index in [1.807, 2.05) is 60.7 Å². The van der Waals surface area contributed by atoms with E-state index in [4.69, 9.17) is 0 Å².